The van der Waals surface area contributed by atoms with Crippen LogP contribution in [-0.2, 0) is 0 Å². The Morgan fingerprint density at radius 1 is 1.20 bits per heavy atom. The first-order valence-corrected chi connectivity index (χ1v) is 7.62. The molecule has 0 saturated heterocycles. The summed E-state index contributed by atoms with van der Waals surface area (Å²) < 4.78 is 1.45. The molecular formula is C12H8BrClIN3O2. The summed E-state index contributed by atoms with van der Waals surface area (Å²) in [5.41, 5.74) is 5.44. The van der Waals surface area contributed by atoms with Gasteiger partial charge in [-0.15, -0.1) is 0 Å². The largest absolute Gasteiger partial charge is 0.356 e. The minimum absolute atomic E-state index is 0.336. The summed E-state index contributed by atoms with van der Waals surface area (Å²) in [6.07, 6.45) is 1.62. The number of hydrogen-bond acceptors (Lipinski definition) is 2. The highest BCUT2D eigenvalue weighted by atomic mass is 127. The highest BCUT2D eigenvalue weighted by Gasteiger charge is 2.12. The standard InChI is InChI=1S/C12H8BrClIN3O2/c13-6-3-10(16-5-6)12(20)18-17-11(19)8-2-1-7(14)4-9(8)15/h1-5,16H,(H,17,19)(H,18,20). The SMILES string of the molecule is O=C(NNC(=O)c1ccc(Cl)cc1I)c1cc(Br)c[nH]1. The van der Waals surface area contributed by atoms with Crippen LogP contribution in [0.5, 0.6) is 0 Å². The van der Waals surface area contributed by atoms with Gasteiger partial charge in [0.2, 0.25) is 0 Å². The number of carbonyl (C=O) groups is 2. The smallest absolute Gasteiger partial charge is 0.286 e. The van der Waals surface area contributed by atoms with E-state index in [0.717, 1.165) is 4.47 Å². The lowest BCUT2D eigenvalue weighted by atomic mass is 10.2. The normalized spacial score (nSPS) is 10.2. The van der Waals surface area contributed by atoms with Crippen molar-refractivity contribution in [3.63, 3.8) is 0 Å². The van der Waals surface area contributed by atoms with Crippen molar-refractivity contribution >= 4 is 61.9 Å². The van der Waals surface area contributed by atoms with Gasteiger partial charge < -0.3 is 4.98 Å². The summed E-state index contributed by atoms with van der Waals surface area (Å²) >= 11 is 11.0. The number of rotatable bonds is 2. The Balaban J connectivity index is 2.00. The molecule has 104 valence electrons. The minimum atomic E-state index is -0.437. The third kappa shape index (κ3) is 3.74. The van der Waals surface area contributed by atoms with Gasteiger partial charge in [0.15, 0.2) is 0 Å². The molecule has 0 fully saturated rings. The van der Waals surface area contributed by atoms with Crippen LogP contribution in [0.15, 0.2) is 34.9 Å². The van der Waals surface area contributed by atoms with Gasteiger partial charge in [0.1, 0.15) is 5.69 Å². The van der Waals surface area contributed by atoms with E-state index in [9.17, 15) is 9.59 Å². The van der Waals surface area contributed by atoms with Crippen molar-refractivity contribution in [2.75, 3.05) is 0 Å². The molecule has 8 heteroatoms. The summed E-state index contributed by atoms with van der Waals surface area (Å²) in [5, 5.41) is 0.547. The zero-order valence-electron chi connectivity index (χ0n) is 9.84. The second-order valence-electron chi connectivity index (χ2n) is 3.76. The number of aromatic amines is 1. The van der Waals surface area contributed by atoms with Crippen LogP contribution in [0.2, 0.25) is 5.02 Å². The number of carbonyl (C=O) groups excluding carboxylic acids is 2. The van der Waals surface area contributed by atoms with Gasteiger partial charge in [0, 0.05) is 19.3 Å². The van der Waals surface area contributed by atoms with E-state index in [1.807, 2.05) is 22.6 Å². The molecule has 0 aliphatic carbocycles. The molecule has 0 unspecified atom stereocenters. The van der Waals surface area contributed by atoms with Crippen molar-refractivity contribution in [2.24, 2.45) is 0 Å². The maximum absolute atomic E-state index is 11.9. The van der Waals surface area contributed by atoms with E-state index in [4.69, 9.17) is 11.6 Å². The predicted octanol–water partition coefficient (Wildman–Crippen LogP) is 3.11. The van der Waals surface area contributed by atoms with Gasteiger partial charge in [-0.25, -0.2) is 0 Å². The van der Waals surface area contributed by atoms with Crippen LogP contribution < -0.4 is 10.9 Å². The Bertz CT molecular complexity index is 674. The molecule has 0 aliphatic rings. The van der Waals surface area contributed by atoms with Gasteiger partial charge in [0.05, 0.1) is 5.56 Å². The van der Waals surface area contributed by atoms with Crippen LogP contribution in [0.25, 0.3) is 0 Å². The number of benzene rings is 1. The predicted molar refractivity (Wildman–Crippen MR) is 87.6 cm³/mol. The number of aromatic nitrogens is 1. The second-order valence-corrected chi connectivity index (χ2v) is 6.28. The summed E-state index contributed by atoms with van der Waals surface area (Å²) in [5.74, 6) is -0.849. The first kappa shape index (κ1) is 15.3. The molecule has 1 aromatic carbocycles. The Morgan fingerprint density at radius 3 is 2.50 bits per heavy atom. The van der Waals surface area contributed by atoms with Crippen LogP contribution in [0.3, 0.4) is 0 Å². The van der Waals surface area contributed by atoms with Crippen LogP contribution in [0.4, 0.5) is 0 Å². The lowest BCUT2D eigenvalue weighted by molar-refractivity contribution is 0.0844. The molecule has 3 N–H and O–H groups in total. The van der Waals surface area contributed by atoms with E-state index < -0.39 is 11.8 Å². The molecule has 2 aromatic rings. The minimum Gasteiger partial charge on any atom is -0.356 e. The van der Waals surface area contributed by atoms with Crippen molar-refractivity contribution in [3.05, 3.63) is 54.8 Å². The lowest BCUT2D eigenvalue weighted by Gasteiger charge is -2.08. The molecule has 0 radical (unpaired) electrons. The van der Waals surface area contributed by atoms with Gasteiger partial charge in [-0.1, -0.05) is 11.6 Å². The van der Waals surface area contributed by atoms with Crippen molar-refractivity contribution in [3.8, 4) is 0 Å². The van der Waals surface area contributed by atoms with Crippen molar-refractivity contribution in [1.29, 1.82) is 0 Å². The van der Waals surface area contributed by atoms with Gasteiger partial charge in [-0.3, -0.25) is 20.4 Å². The van der Waals surface area contributed by atoms with Gasteiger partial charge >= 0.3 is 0 Å². The van der Waals surface area contributed by atoms with Gasteiger partial charge in [-0.2, -0.15) is 0 Å². The number of H-pyrrole nitrogens is 1. The van der Waals surface area contributed by atoms with Crippen LogP contribution in [-0.4, -0.2) is 16.8 Å². The van der Waals surface area contributed by atoms with Gasteiger partial charge in [0.25, 0.3) is 11.8 Å². The molecule has 0 atom stereocenters. The maximum Gasteiger partial charge on any atom is 0.286 e. The molecule has 0 spiro atoms. The van der Waals surface area contributed by atoms with Crippen molar-refractivity contribution in [1.82, 2.24) is 15.8 Å². The number of hydrogen-bond donors (Lipinski definition) is 3. The first-order chi connectivity index (χ1) is 9.47. The third-order valence-corrected chi connectivity index (χ3v) is 3.94. The summed E-state index contributed by atoms with van der Waals surface area (Å²) in [6, 6.07) is 6.48. The molecule has 0 saturated carbocycles. The Morgan fingerprint density at radius 2 is 1.90 bits per heavy atom. The fourth-order valence-corrected chi connectivity index (χ4v) is 2.88. The number of nitrogens with one attached hydrogen (secondary N) is 3. The molecule has 2 amide bonds. The zero-order valence-corrected chi connectivity index (χ0v) is 14.3. The van der Waals surface area contributed by atoms with Gasteiger partial charge in [-0.05, 0) is 62.8 Å². The Kier molecular flexibility index (Phi) is 5.06. The first-order valence-electron chi connectivity index (χ1n) is 5.37. The second kappa shape index (κ2) is 6.59. The number of hydrazine groups is 1. The summed E-state index contributed by atoms with van der Waals surface area (Å²) in [4.78, 5) is 26.4. The molecule has 2 rings (SSSR count). The highest BCUT2D eigenvalue weighted by molar-refractivity contribution is 14.1. The highest BCUT2D eigenvalue weighted by Crippen LogP contribution is 2.17. The van der Waals surface area contributed by atoms with E-state index in [2.05, 4.69) is 31.8 Å². The monoisotopic (exact) mass is 467 g/mol. The molecule has 5 nitrogen and oxygen atoms in total. The van der Waals surface area contributed by atoms with Crippen LogP contribution >= 0.6 is 50.1 Å². The molecule has 0 aliphatic heterocycles. The topological polar surface area (TPSA) is 74.0 Å². The quantitative estimate of drug-likeness (QED) is 0.468. The van der Waals surface area contributed by atoms with E-state index in [1.54, 1.807) is 30.5 Å². The van der Waals surface area contributed by atoms with Crippen molar-refractivity contribution < 1.29 is 9.59 Å². The lowest BCUT2D eigenvalue weighted by Crippen LogP contribution is -2.42. The number of amides is 2. The van der Waals surface area contributed by atoms with Crippen LogP contribution in [0, 0.1) is 3.57 Å². The maximum atomic E-state index is 11.9. The van der Waals surface area contributed by atoms with E-state index in [0.29, 0.717) is 19.9 Å². The van der Waals surface area contributed by atoms with Crippen LogP contribution in [0.1, 0.15) is 20.8 Å². The zero-order chi connectivity index (χ0) is 14.7. The molecule has 1 aromatic heterocycles. The Hall–Kier alpha value is -1.06. The Labute approximate surface area is 141 Å². The van der Waals surface area contributed by atoms with E-state index >= 15 is 0 Å². The molecular weight excluding hydrogens is 460 g/mol. The number of halogens is 3. The average Bonchev–Trinajstić information content (AvgIpc) is 2.82. The fraction of sp³-hybridized carbons (Fsp3) is 0. The van der Waals surface area contributed by atoms with E-state index in [1.165, 1.54) is 0 Å². The van der Waals surface area contributed by atoms with E-state index in [-0.39, 0.29) is 0 Å². The molecule has 1 heterocycles. The molecule has 20 heavy (non-hydrogen) atoms. The third-order valence-electron chi connectivity index (χ3n) is 2.36. The van der Waals surface area contributed by atoms with Crippen molar-refractivity contribution in [2.45, 2.75) is 0 Å². The average molecular weight is 468 g/mol. The fourth-order valence-electron chi connectivity index (χ4n) is 1.42. The summed E-state index contributed by atoms with van der Waals surface area (Å²) in [6.45, 7) is 0. The summed E-state index contributed by atoms with van der Waals surface area (Å²) in [7, 11) is 0. The molecule has 0 bridgehead atoms.